The molecule has 0 fully saturated rings. The maximum Gasteiger partial charge on any atom is 0.193 e. The van der Waals surface area contributed by atoms with E-state index in [1.165, 1.54) is 11.1 Å². The lowest BCUT2D eigenvalue weighted by Gasteiger charge is -2.17. The van der Waals surface area contributed by atoms with Crippen LogP contribution in [0, 0.1) is 0 Å². The molecule has 1 aliphatic rings. The second-order valence-corrected chi connectivity index (χ2v) is 5.03. The van der Waals surface area contributed by atoms with E-state index in [1.807, 2.05) is 29.0 Å². The Morgan fingerprint density at radius 1 is 1.18 bits per heavy atom. The number of carbonyl (C=O) groups is 1. The summed E-state index contributed by atoms with van der Waals surface area (Å²) in [7, 11) is 0. The van der Waals surface area contributed by atoms with E-state index in [9.17, 15) is 4.79 Å². The minimum absolute atomic E-state index is 0.125. The third-order valence-electron chi connectivity index (χ3n) is 3.14. The molecule has 17 heavy (non-hydrogen) atoms. The average Bonchev–Trinajstić information content (AvgIpc) is 2.91. The zero-order valence-corrected chi connectivity index (χ0v) is 10.2. The molecule has 1 aliphatic heterocycles. The molecule has 0 saturated heterocycles. The molecule has 1 aromatic heterocycles. The molecule has 2 nitrogen and oxygen atoms in total. The lowest BCUT2D eigenvalue weighted by molar-refractivity contribution is 0.103. The molecule has 0 radical (unpaired) electrons. The number of nitrogens with one attached hydrogen (secondary N) is 1. The third-order valence-corrected chi connectivity index (χ3v) is 3.82. The molecule has 0 unspecified atom stereocenters. The number of ketones is 1. The van der Waals surface area contributed by atoms with E-state index >= 15 is 0 Å². The number of hydrogen-bond acceptors (Lipinski definition) is 3. The Morgan fingerprint density at radius 2 is 2.12 bits per heavy atom. The van der Waals surface area contributed by atoms with Crippen LogP contribution in [-0.2, 0) is 13.0 Å². The minimum atomic E-state index is 0.125. The van der Waals surface area contributed by atoms with Crippen LogP contribution < -0.4 is 5.32 Å². The summed E-state index contributed by atoms with van der Waals surface area (Å²) in [6, 6.07) is 7.95. The van der Waals surface area contributed by atoms with Crippen molar-refractivity contribution in [2.75, 3.05) is 6.54 Å². The molecule has 86 valence electrons. The van der Waals surface area contributed by atoms with Crippen LogP contribution in [0.15, 0.2) is 35.0 Å². The first-order valence-corrected chi connectivity index (χ1v) is 6.68. The molecule has 0 atom stereocenters. The van der Waals surface area contributed by atoms with Crippen molar-refractivity contribution in [2.45, 2.75) is 13.0 Å². The van der Waals surface area contributed by atoms with Gasteiger partial charge in [-0.15, -0.1) is 0 Å². The van der Waals surface area contributed by atoms with Crippen LogP contribution in [0.5, 0.6) is 0 Å². The molecular weight excluding hydrogens is 230 g/mol. The Morgan fingerprint density at radius 3 is 2.94 bits per heavy atom. The molecule has 0 aliphatic carbocycles. The summed E-state index contributed by atoms with van der Waals surface area (Å²) in [4.78, 5) is 12.2. The summed E-state index contributed by atoms with van der Waals surface area (Å²) in [6.45, 7) is 1.91. The van der Waals surface area contributed by atoms with Gasteiger partial charge in [-0.25, -0.2) is 0 Å². The highest BCUT2D eigenvalue weighted by atomic mass is 32.1. The lowest BCUT2D eigenvalue weighted by Crippen LogP contribution is -2.23. The van der Waals surface area contributed by atoms with Crippen LogP contribution in [0.3, 0.4) is 0 Å². The quantitative estimate of drug-likeness (QED) is 0.822. The fraction of sp³-hybridized carbons (Fsp3) is 0.214. The molecule has 2 aromatic rings. The van der Waals surface area contributed by atoms with E-state index in [2.05, 4.69) is 11.4 Å². The van der Waals surface area contributed by atoms with Gasteiger partial charge in [-0.1, -0.05) is 12.1 Å². The van der Waals surface area contributed by atoms with Gasteiger partial charge in [-0.3, -0.25) is 4.79 Å². The number of thiophene rings is 1. The van der Waals surface area contributed by atoms with E-state index in [0.29, 0.717) is 0 Å². The van der Waals surface area contributed by atoms with Gasteiger partial charge in [-0.05, 0) is 41.6 Å². The molecule has 3 heteroatoms. The molecule has 3 rings (SSSR count). The standard InChI is InChI=1S/C14H13NOS/c16-14(12-4-6-17-9-12)11-2-1-10-3-5-15-8-13(10)7-11/h1-2,4,6-7,9,15H,3,5,8H2. The fourth-order valence-electron chi connectivity index (χ4n) is 2.18. The molecule has 1 aromatic carbocycles. The van der Waals surface area contributed by atoms with Gasteiger partial charge in [0.15, 0.2) is 5.78 Å². The van der Waals surface area contributed by atoms with Crippen molar-refractivity contribution in [2.24, 2.45) is 0 Å². The predicted molar refractivity (Wildman–Crippen MR) is 69.6 cm³/mol. The maximum atomic E-state index is 12.2. The summed E-state index contributed by atoms with van der Waals surface area (Å²) in [5.74, 6) is 0.125. The second-order valence-electron chi connectivity index (χ2n) is 4.25. The molecule has 2 heterocycles. The SMILES string of the molecule is O=C(c1ccsc1)c1ccc2c(c1)CNCC2. The van der Waals surface area contributed by atoms with Crippen LogP contribution >= 0.6 is 11.3 Å². The number of carbonyl (C=O) groups excluding carboxylic acids is 1. The van der Waals surface area contributed by atoms with Gasteiger partial charge < -0.3 is 5.32 Å². The first kappa shape index (κ1) is 10.7. The van der Waals surface area contributed by atoms with Crippen LogP contribution in [0.4, 0.5) is 0 Å². The Hall–Kier alpha value is -1.45. The van der Waals surface area contributed by atoms with Gasteiger partial charge in [0.05, 0.1) is 0 Å². The minimum Gasteiger partial charge on any atom is -0.312 e. The van der Waals surface area contributed by atoms with Gasteiger partial charge >= 0.3 is 0 Å². The topological polar surface area (TPSA) is 29.1 Å². The smallest absolute Gasteiger partial charge is 0.193 e. The lowest BCUT2D eigenvalue weighted by atomic mass is 9.96. The third kappa shape index (κ3) is 2.04. The summed E-state index contributed by atoms with van der Waals surface area (Å²) in [5.41, 5.74) is 4.22. The predicted octanol–water partition coefficient (Wildman–Crippen LogP) is 2.62. The monoisotopic (exact) mass is 243 g/mol. The Balaban J connectivity index is 1.96. The Bertz CT molecular complexity index is 545. The van der Waals surface area contributed by atoms with Gasteiger partial charge in [0.25, 0.3) is 0 Å². The van der Waals surface area contributed by atoms with E-state index in [1.54, 1.807) is 11.3 Å². The molecule has 0 amide bonds. The summed E-state index contributed by atoms with van der Waals surface area (Å²) >= 11 is 1.56. The summed E-state index contributed by atoms with van der Waals surface area (Å²) in [6.07, 6.45) is 1.06. The number of rotatable bonds is 2. The van der Waals surface area contributed by atoms with Crippen molar-refractivity contribution in [3.05, 3.63) is 57.3 Å². The Kier molecular flexibility index (Phi) is 2.79. The van der Waals surface area contributed by atoms with Crippen LogP contribution in [0.2, 0.25) is 0 Å². The highest BCUT2D eigenvalue weighted by molar-refractivity contribution is 7.08. The average molecular weight is 243 g/mol. The van der Waals surface area contributed by atoms with Crippen LogP contribution in [0.1, 0.15) is 27.0 Å². The van der Waals surface area contributed by atoms with E-state index in [4.69, 9.17) is 0 Å². The van der Waals surface area contributed by atoms with Crippen molar-refractivity contribution >= 4 is 17.1 Å². The van der Waals surface area contributed by atoms with Crippen LogP contribution in [0.25, 0.3) is 0 Å². The van der Waals surface area contributed by atoms with E-state index in [0.717, 1.165) is 30.6 Å². The number of hydrogen-bond donors (Lipinski definition) is 1. The van der Waals surface area contributed by atoms with Crippen molar-refractivity contribution in [3.63, 3.8) is 0 Å². The van der Waals surface area contributed by atoms with Gasteiger partial charge in [0.2, 0.25) is 0 Å². The molecule has 0 bridgehead atoms. The zero-order chi connectivity index (χ0) is 11.7. The largest absolute Gasteiger partial charge is 0.312 e. The summed E-state index contributed by atoms with van der Waals surface area (Å²) in [5, 5.41) is 7.17. The number of fused-ring (bicyclic) bond motifs is 1. The maximum absolute atomic E-state index is 12.2. The highest BCUT2D eigenvalue weighted by Gasteiger charge is 2.13. The van der Waals surface area contributed by atoms with Gasteiger partial charge in [-0.2, -0.15) is 11.3 Å². The molecule has 1 N–H and O–H groups in total. The molecule has 0 spiro atoms. The number of benzene rings is 1. The Labute approximate surface area is 104 Å². The van der Waals surface area contributed by atoms with Crippen molar-refractivity contribution in [1.82, 2.24) is 5.32 Å². The van der Waals surface area contributed by atoms with Crippen LogP contribution in [-0.4, -0.2) is 12.3 Å². The van der Waals surface area contributed by atoms with Crippen molar-refractivity contribution in [1.29, 1.82) is 0 Å². The molecular formula is C14H13NOS. The van der Waals surface area contributed by atoms with Gasteiger partial charge in [0, 0.05) is 23.1 Å². The first-order valence-electron chi connectivity index (χ1n) is 5.74. The van der Waals surface area contributed by atoms with Gasteiger partial charge in [0.1, 0.15) is 0 Å². The second kappa shape index (κ2) is 4.43. The van der Waals surface area contributed by atoms with E-state index < -0.39 is 0 Å². The fourth-order valence-corrected chi connectivity index (χ4v) is 2.82. The molecule has 0 saturated carbocycles. The normalized spacial score (nSPS) is 14.4. The highest BCUT2D eigenvalue weighted by Crippen LogP contribution is 2.19. The van der Waals surface area contributed by atoms with E-state index in [-0.39, 0.29) is 5.78 Å². The van der Waals surface area contributed by atoms with Crippen molar-refractivity contribution < 1.29 is 4.79 Å². The zero-order valence-electron chi connectivity index (χ0n) is 9.40. The first-order chi connectivity index (χ1) is 8.34. The summed E-state index contributed by atoms with van der Waals surface area (Å²) < 4.78 is 0. The van der Waals surface area contributed by atoms with Crippen molar-refractivity contribution in [3.8, 4) is 0 Å².